The highest BCUT2D eigenvalue weighted by atomic mass is 32.1. The second kappa shape index (κ2) is 6.79. The molecule has 2 heterocycles. The van der Waals surface area contributed by atoms with Crippen LogP contribution in [-0.4, -0.2) is 41.6 Å². The van der Waals surface area contributed by atoms with Gasteiger partial charge in [-0.15, -0.1) is 11.3 Å². The van der Waals surface area contributed by atoms with Crippen molar-refractivity contribution >= 4 is 23.2 Å². The molecule has 1 aromatic rings. The molecule has 0 radical (unpaired) electrons. The molecule has 1 N–H and O–H groups in total. The number of morpholine rings is 1. The van der Waals surface area contributed by atoms with Crippen molar-refractivity contribution in [3.05, 3.63) is 22.4 Å². The van der Waals surface area contributed by atoms with Gasteiger partial charge in [0.1, 0.15) is 6.10 Å². The van der Waals surface area contributed by atoms with E-state index < -0.39 is 5.97 Å². The van der Waals surface area contributed by atoms with Gasteiger partial charge in [0.15, 0.2) is 0 Å². The summed E-state index contributed by atoms with van der Waals surface area (Å²) >= 11 is 1.64. The van der Waals surface area contributed by atoms with Crippen LogP contribution in [0.1, 0.15) is 36.7 Å². The molecule has 1 aliphatic heterocycles. The lowest BCUT2D eigenvalue weighted by atomic mass is 9.80. The number of amides is 1. The second-order valence-corrected chi connectivity index (χ2v) is 7.04. The Kier molecular flexibility index (Phi) is 4.78. The Hall–Kier alpha value is -1.40. The van der Waals surface area contributed by atoms with Crippen LogP contribution in [0.4, 0.5) is 0 Å². The third-order valence-electron chi connectivity index (χ3n) is 4.61. The largest absolute Gasteiger partial charge is 0.481 e. The first-order valence-corrected chi connectivity index (χ1v) is 8.69. The molecule has 0 bridgehead atoms. The number of hydrogen-bond acceptors (Lipinski definition) is 4. The van der Waals surface area contributed by atoms with E-state index in [1.54, 1.807) is 11.3 Å². The van der Waals surface area contributed by atoms with Crippen LogP contribution in [0.5, 0.6) is 0 Å². The molecule has 0 aromatic carbocycles. The standard InChI is InChI=1S/C16H21NO4S/c18-15(11-3-1-4-12(9-11)16(19)20)17-6-7-21-13(10-17)14-5-2-8-22-14/h2,5,8,11-13H,1,3-4,6-7,9-10H2,(H,19,20). The Morgan fingerprint density at radius 1 is 1.32 bits per heavy atom. The predicted molar refractivity (Wildman–Crippen MR) is 82.7 cm³/mol. The molecule has 6 heteroatoms. The second-order valence-electron chi connectivity index (χ2n) is 6.06. The van der Waals surface area contributed by atoms with E-state index in [4.69, 9.17) is 4.74 Å². The first kappa shape index (κ1) is 15.5. The van der Waals surface area contributed by atoms with Crippen LogP contribution in [0, 0.1) is 11.8 Å². The molecule has 1 aromatic heterocycles. The molecule has 1 saturated carbocycles. The van der Waals surface area contributed by atoms with Gasteiger partial charge >= 0.3 is 5.97 Å². The van der Waals surface area contributed by atoms with E-state index in [1.807, 2.05) is 22.4 Å². The fourth-order valence-electron chi connectivity index (χ4n) is 3.39. The van der Waals surface area contributed by atoms with Crippen LogP contribution < -0.4 is 0 Å². The number of hydrogen-bond donors (Lipinski definition) is 1. The van der Waals surface area contributed by atoms with Gasteiger partial charge in [-0.3, -0.25) is 9.59 Å². The van der Waals surface area contributed by atoms with Crippen molar-refractivity contribution in [1.82, 2.24) is 4.90 Å². The lowest BCUT2D eigenvalue weighted by molar-refractivity contribution is -0.148. The average Bonchev–Trinajstić information content (AvgIpc) is 3.09. The highest BCUT2D eigenvalue weighted by Gasteiger charge is 2.35. The zero-order valence-corrected chi connectivity index (χ0v) is 13.3. The van der Waals surface area contributed by atoms with Crippen LogP contribution in [0.2, 0.25) is 0 Å². The van der Waals surface area contributed by atoms with Gasteiger partial charge in [-0.25, -0.2) is 0 Å². The number of nitrogens with zero attached hydrogens (tertiary/aromatic N) is 1. The maximum atomic E-state index is 12.7. The number of carbonyl (C=O) groups is 2. The average molecular weight is 323 g/mol. The molecule has 3 unspecified atom stereocenters. The van der Waals surface area contributed by atoms with Gasteiger partial charge in [0, 0.05) is 17.3 Å². The summed E-state index contributed by atoms with van der Waals surface area (Å²) in [6.07, 6.45) is 2.77. The maximum Gasteiger partial charge on any atom is 0.306 e. The molecule has 2 aliphatic rings. The van der Waals surface area contributed by atoms with Gasteiger partial charge in [-0.2, -0.15) is 0 Å². The molecule has 1 aliphatic carbocycles. The summed E-state index contributed by atoms with van der Waals surface area (Å²) in [4.78, 5) is 26.9. The van der Waals surface area contributed by atoms with E-state index in [-0.39, 0.29) is 23.8 Å². The van der Waals surface area contributed by atoms with E-state index in [9.17, 15) is 14.7 Å². The summed E-state index contributed by atoms with van der Waals surface area (Å²) in [5.41, 5.74) is 0. The van der Waals surface area contributed by atoms with Crippen molar-refractivity contribution < 1.29 is 19.4 Å². The molecular formula is C16H21NO4S. The van der Waals surface area contributed by atoms with E-state index in [0.29, 0.717) is 32.5 Å². The molecule has 3 atom stereocenters. The maximum absolute atomic E-state index is 12.7. The number of carbonyl (C=O) groups excluding carboxylic acids is 1. The Bertz CT molecular complexity index is 530. The minimum atomic E-state index is -0.768. The monoisotopic (exact) mass is 323 g/mol. The number of carboxylic acid groups (broad SMARTS) is 1. The van der Waals surface area contributed by atoms with Crippen molar-refractivity contribution in [2.75, 3.05) is 19.7 Å². The van der Waals surface area contributed by atoms with Gasteiger partial charge in [0.05, 0.1) is 19.1 Å². The van der Waals surface area contributed by atoms with Crippen LogP contribution in [0.15, 0.2) is 17.5 Å². The van der Waals surface area contributed by atoms with Crippen LogP contribution in [-0.2, 0) is 14.3 Å². The molecular weight excluding hydrogens is 302 g/mol. The summed E-state index contributed by atoms with van der Waals surface area (Å²) < 4.78 is 5.77. The van der Waals surface area contributed by atoms with E-state index in [2.05, 4.69) is 0 Å². The molecule has 2 fully saturated rings. The first-order chi connectivity index (χ1) is 10.6. The molecule has 3 rings (SSSR count). The fraction of sp³-hybridized carbons (Fsp3) is 0.625. The van der Waals surface area contributed by atoms with Crippen LogP contribution in [0.3, 0.4) is 0 Å². The highest BCUT2D eigenvalue weighted by molar-refractivity contribution is 7.10. The molecule has 0 spiro atoms. The summed E-state index contributed by atoms with van der Waals surface area (Å²) in [6.45, 7) is 1.73. The lowest BCUT2D eigenvalue weighted by Crippen LogP contribution is -2.46. The molecule has 5 nitrogen and oxygen atoms in total. The summed E-state index contributed by atoms with van der Waals surface area (Å²) in [5, 5.41) is 11.2. The fourth-order valence-corrected chi connectivity index (χ4v) is 4.16. The van der Waals surface area contributed by atoms with Crippen molar-refractivity contribution in [3.63, 3.8) is 0 Å². The lowest BCUT2D eigenvalue weighted by Gasteiger charge is -2.36. The predicted octanol–water partition coefficient (Wildman–Crippen LogP) is 2.54. The van der Waals surface area contributed by atoms with Gasteiger partial charge in [-0.05, 0) is 30.7 Å². The summed E-state index contributed by atoms with van der Waals surface area (Å²) in [6, 6.07) is 4.02. The Morgan fingerprint density at radius 3 is 2.86 bits per heavy atom. The number of rotatable bonds is 3. The quantitative estimate of drug-likeness (QED) is 0.928. The first-order valence-electron chi connectivity index (χ1n) is 7.81. The summed E-state index contributed by atoms with van der Waals surface area (Å²) in [7, 11) is 0. The van der Waals surface area contributed by atoms with Crippen molar-refractivity contribution in [2.45, 2.75) is 31.8 Å². The zero-order valence-electron chi connectivity index (χ0n) is 12.4. The van der Waals surface area contributed by atoms with E-state index in [0.717, 1.165) is 17.7 Å². The number of thiophene rings is 1. The molecule has 1 amide bonds. The van der Waals surface area contributed by atoms with Gasteiger partial charge in [0.25, 0.3) is 0 Å². The molecule has 22 heavy (non-hydrogen) atoms. The van der Waals surface area contributed by atoms with Crippen molar-refractivity contribution in [2.24, 2.45) is 11.8 Å². The Labute approximate surface area is 133 Å². The number of carboxylic acids is 1. The van der Waals surface area contributed by atoms with Crippen LogP contribution >= 0.6 is 11.3 Å². The zero-order chi connectivity index (χ0) is 15.5. The third kappa shape index (κ3) is 3.33. The number of ether oxygens (including phenoxy) is 1. The van der Waals surface area contributed by atoms with Crippen molar-refractivity contribution in [3.8, 4) is 0 Å². The van der Waals surface area contributed by atoms with Gasteiger partial charge < -0.3 is 14.7 Å². The van der Waals surface area contributed by atoms with E-state index >= 15 is 0 Å². The Balaban J connectivity index is 1.63. The smallest absolute Gasteiger partial charge is 0.306 e. The van der Waals surface area contributed by atoms with Gasteiger partial charge in [0.2, 0.25) is 5.91 Å². The number of aliphatic carboxylic acids is 1. The summed E-state index contributed by atoms with van der Waals surface area (Å²) in [5.74, 6) is -1.17. The van der Waals surface area contributed by atoms with Gasteiger partial charge in [-0.1, -0.05) is 12.5 Å². The van der Waals surface area contributed by atoms with E-state index in [1.165, 1.54) is 0 Å². The molecule has 120 valence electrons. The normalized spacial score (nSPS) is 29.3. The minimum absolute atomic E-state index is 0.0449. The Morgan fingerprint density at radius 2 is 2.14 bits per heavy atom. The SMILES string of the molecule is O=C(O)C1CCCC(C(=O)N2CCOC(c3cccs3)C2)C1. The highest BCUT2D eigenvalue weighted by Crippen LogP contribution is 2.32. The van der Waals surface area contributed by atoms with Crippen molar-refractivity contribution in [1.29, 1.82) is 0 Å². The molecule has 1 saturated heterocycles. The van der Waals surface area contributed by atoms with Crippen LogP contribution in [0.25, 0.3) is 0 Å². The minimum Gasteiger partial charge on any atom is -0.481 e. The topological polar surface area (TPSA) is 66.8 Å². The third-order valence-corrected chi connectivity index (χ3v) is 5.58.